The monoisotopic (exact) mass is 434 g/mol. The third-order valence-electron chi connectivity index (χ3n) is 3.78. The molecule has 0 aromatic heterocycles. The Bertz CT molecular complexity index is 804. The Morgan fingerprint density at radius 1 is 1.19 bits per heavy atom. The third kappa shape index (κ3) is 5.99. The Hall–Kier alpha value is -2.54. The first kappa shape index (κ1) is 20.8. The molecule has 0 saturated carbocycles. The number of carbonyl (C=O) groups is 1. The van der Waals surface area contributed by atoms with Crippen molar-refractivity contribution in [1.29, 1.82) is 0 Å². The number of rotatable bonds is 8. The number of carbonyl (C=O) groups excluding carboxylic acids is 1. The zero-order chi connectivity index (χ0) is 19.8. The van der Waals surface area contributed by atoms with Gasteiger partial charge in [-0.2, -0.15) is 5.10 Å². The average molecular weight is 435 g/mol. The normalized spacial score (nSPS) is 10.9. The average Bonchev–Trinajstić information content (AvgIpc) is 2.66. The van der Waals surface area contributed by atoms with Gasteiger partial charge < -0.3 is 14.2 Å². The van der Waals surface area contributed by atoms with Crippen molar-refractivity contribution >= 4 is 28.1 Å². The zero-order valence-electron chi connectivity index (χ0n) is 15.8. The highest BCUT2D eigenvalue weighted by Gasteiger charge is 2.09. The van der Waals surface area contributed by atoms with Crippen LogP contribution in [0, 0.1) is 0 Å². The van der Waals surface area contributed by atoms with Crippen molar-refractivity contribution in [2.45, 2.75) is 19.8 Å². The van der Waals surface area contributed by atoms with Crippen LogP contribution < -0.4 is 19.6 Å². The van der Waals surface area contributed by atoms with Crippen molar-refractivity contribution in [3.8, 4) is 17.2 Å². The lowest BCUT2D eigenvalue weighted by atomic mass is 10.0. The van der Waals surface area contributed by atoms with Crippen LogP contribution in [0.5, 0.6) is 17.2 Å². The van der Waals surface area contributed by atoms with Gasteiger partial charge in [0.2, 0.25) is 0 Å². The lowest BCUT2D eigenvalue weighted by molar-refractivity contribution is -0.123. The number of halogens is 1. The first-order chi connectivity index (χ1) is 12.9. The van der Waals surface area contributed by atoms with Gasteiger partial charge in [-0.25, -0.2) is 5.43 Å². The van der Waals surface area contributed by atoms with E-state index in [1.807, 2.05) is 30.3 Å². The molecule has 2 aromatic carbocycles. The molecule has 0 unspecified atom stereocenters. The lowest BCUT2D eigenvalue weighted by Gasteiger charge is -2.10. The van der Waals surface area contributed by atoms with Crippen LogP contribution in [0.4, 0.5) is 0 Å². The largest absolute Gasteiger partial charge is 0.493 e. The molecule has 0 spiro atoms. The molecule has 0 aliphatic heterocycles. The van der Waals surface area contributed by atoms with Crippen LogP contribution in [0.25, 0.3) is 0 Å². The molecule has 1 amide bonds. The van der Waals surface area contributed by atoms with E-state index in [2.05, 4.69) is 40.3 Å². The number of ether oxygens (including phenoxy) is 3. The van der Waals surface area contributed by atoms with E-state index >= 15 is 0 Å². The van der Waals surface area contributed by atoms with Gasteiger partial charge in [0.05, 0.1) is 24.9 Å². The Labute approximate surface area is 167 Å². The highest BCUT2D eigenvalue weighted by atomic mass is 79.9. The van der Waals surface area contributed by atoms with E-state index in [1.165, 1.54) is 11.8 Å². The maximum absolute atomic E-state index is 11.9. The van der Waals surface area contributed by atoms with Gasteiger partial charge in [0, 0.05) is 0 Å². The smallest absolute Gasteiger partial charge is 0.277 e. The summed E-state index contributed by atoms with van der Waals surface area (Å²) in [7, 11) is 3.12. The van der Waals surface area contributed by atoms with E-state index in [0.29, 0.717) is 23.2 Å². The Kier molecular flexibility index (Phi) is 7.67. The van der Waals surface area contributed by atoms with Crippen LogP contribution in [0.2, 0.25) is 0 Å². The van der Waals surface area contributed by atoms with Gasteiger partial charge >= 0.3 is 0 Å². The molecule has 144 valence electrons. The predicted octanol–water partition coefficient (Wildman–Crippen LogP) is 4.12. The SMILES string of the molecule is COc1cc(/C=N/NC(=O)COc2ccc(C(C)C)cc2)cc(Br)c1OC. The molecule has 0 fully saturated rings. The first-order valence-corrected chi connectivity index (χ1v) is 9.20. The molecule has 6 nitrogen and oxygen atoms in total. The molecule has 27 heavy (non-hydrogen) atoms. The van der Waals surface area contributed by atoms with Crippen LogP contribution in [0.3, 0.4) is 0 Å². The van der Waals surface area contributed by atoms with Crippen LogP contribution in [-0.2, 0) is 4.79 Å². The van der Waals surface area contributed by atoms with Crippen molar-refractivity contribution < 1.29 is 19.0 Å². The minimum absolute atomic E-state index is 0.117. The summed E-state index contributed by atoms with van der Waals surface area (Å²) < 4.78 is 16.7. The van der Waals surface area contributed by atoms with Gasteiger partial charge in [0.25, 0.3) is 5.91 Å². The Morgan fingerprint density at radius 3 is 2.48 bits per heavy atom. The number of nitrogens with zero attached hydrogens (tertiary/aromatic N) is 1. The van der Waals surface area contributed by atoms with Crippen molar-refractivity contribution in [2.24, 2.45) is 5.10 Å². The minimum atomic E-state index is -0.348. The summed E-state index contributed by atoms with van der Waals surface area (Å²) in [6.07, 6.45) is 1.52. The number of benzene rings is 2. The number of nitrogens with one attached hydrogen (secondary N) is 1. The standard InChI is InChI=1S/C20H23BrN2O4/c1-13(2)15-5-7-16(8-6-15)27-12-19(24)23-22-11-14-9-17(21)20(26-4)18(10-14)25-3/h5-11,13H,12H2,1-4H3,(H,23,24)/b22-11+. The molecule has 0 heterocycles. The van der Waals surface area contributed by atoms with Crippen LogP contribution in [0.1, 0.15) is 30.9 Å². The number of hydrazone groups is 1. The Morgan fingerprint density at radius 2 is 1.89 bits per heavy atom. The molecule has 0 radical (unpaired) electrons. The fourth-order valence-electron chi connectivity index (χ4n) is 2.32. The van der Waals surface area contributed by atoms with Crippen LogP contribution in [-0.4, -0.2) is 32.9 Å². The van der Waals surface area contributed by atoms with Gasteiger partial charge in [-0.05, 0) is 57.2 Å². The molecule has 0 atom stereocenters. The summed E-state index contributed by atoms with van der Waals surface area (Å²) in [6, 6.07) is 11.3. The second kappa shape index (κ2) is 9.97. The number of amides is 1. The molecule has 0 bridgehead atoms. The second-order valence-corrected chi connectivity index (χ2v) is 6.90. The van der Waals surface area contributed by atoms with Gasteiger partial charge in [0.15, 0.2) is 18.1 Å². The number of hydrogen-bond donors (Lipinski definition) is 1. The fraction of sp³-hybridized carbons (Fsp3) is 0.300. The van der Waals surface area contributed by atoms with Gasteiger partial charge in [-0.15, -0.1) is 0 Å². The maximum atomic E-state index is 11.9. The van der Waals surface area contributed by atoms with E-state index in [0.717, 1.165) is 10.0 Å². The van der Waals surface area contributed by atoms with Crippen molar-refractivity contribution in [3.05, 3.63) is 52.0 Å². The molecule has 1 N–H and O–H groups in total. The molecule has 0 aliphatic carbocycles. The highest BCUT2D eigenvalue weighted by molar-refractivity contribution is 9.10. The van der Waals surface area contributed by atoms with E-state index in [1.54, 1.807) is 20.3 Å². The van der Waals surface area contributed by atoms with E-state index in [-0.39, 0.29) is 12.5 Å². The van der Waals surface area contributed by atoms with Gasteiger partial charge in [-0.1, -0.05) is 26.0 Å². The minimum Gasteiger partial charge on any atom is -0.493 e. The highest BCUT2D eigenvalue weighted by Crippen LogP contribution is 2.35. The summed E-state index contributed by atoms with van der Waals surface area (Å²) in [6.45, 7) is 4.13. The van der Waals surface area contributed by atoms with Crippen molar-refractivity contribution in [1.82, 2.24) is 5.43 Å². The molecule has 0 saturated heterocycles. The van der Waals surface area contributed by atoms with Gasteiger partial charge in [0.1, 0.15) is 5.75 Å². The third-order valence-corrected chi connectivity index (χ3v) is 4.36. The molecular weight excluding hydrogens is 412 g/mol. The number of hydrogen-bond acceptors (Lipinski definition) is 5. The molecule has 2 aromatic rings. The molecule has 7 heteroatoms. The summed E-state index contributed by atoms with van der Waals surface area (Å²) in [4.78, 5) is 11.9. The van der Waals surface area contributed by atoms with Crippen LogP contribution >= 0.6 is 15.9 Å². The summed E-state index contributed by atoms with van der Waals surface area (Å²) in [5.41, 5.74) is 4.40. The van der Waals surface area contributed by atoms with Crippen LogP contribution in [0.15, 0.2) is 46.0 Å². The summed E-state index contributed by atoms with van der Waals surface area (Å²) in [5, 5.41) is 3.94. The van der Waals surface area contributed by atoms with Crippen molar-refractivity contribution in [2.75, 3.05) is 20.8 Å². The maximum Gasteiger partial charge on any atom is 0.277 e. The predicted molar refractivity (Wildman–Crippen MR) is 109 cm³/mol. The number of methoxy groups -OCH3 is 2. The topological polar surface area (TPSA) is 69.2 Å². The molecular formula is C20H23BrN2O4. The van der Waals surface area contributed by atoms with E-state index in [4.69, 9.17) is 14.2 Å². The zero-order valence-corrected chi connectivity index (χ0v) is 17.4. The second-order valence-electron chi connectivity index (χ2n) is 6.04. The fourth-order valence-corrected chi connectivity index (χ4v) is 2.94. The Balaban J connectivity index is 1.88. The lowest BCUT2D eigenvalue weighted by Crippen LogP contribution is -2.24. The molecule has 0 aliphatic rings. The van der Waals surface area contributed by atoms with Gasteiger partial charge in [-0.3, -0.25) is 4.79 Å². The molecule has 2 rings (SSSR count). The van der Waals surface area contributed by atoms with E-state index < -0.39 is 0 Å². The summed E-state index contributed by atoms with van der Waals surface area (Å²) >= 11 is 3.41. The summed E-state index contributed by atoms with van der Waals surface area (Å²) in [5.74, 6) is 1.90. The van der Waals surface area contributed by atoms with E-state index in [9.17, 15) is 4.79 Å². The quantitative estimate of drug-likeness (QED) is 0.501. The first-order valence-electron chi connectivity index (χ1n) is 8.40. The van der Waals surface area contributed by atoms with Crippen molar-refractivity contribution in [3.63, 3.8) is 0 Å².